The number of rotatable bonds is 3. The molecule has 0 aromatic carbocycles. The van der Waals surface area contributed by atoms with Crippen LogP contribution in [0.3, 0.4) is 0 Å². The smallest absolute Gasteiger partial charge is 0.309 e. The van der Waals surface area contributed by atoms with Gasteiger partial charge in [-0.3, -0.25) is 9.69 Å². The van der Waals surface area contributed by atoms with Crippen LogP contribution >= 0.6 is 0 Å². The summed E-state index contributed by atoms with van der Waals surface area (Å²) in [6, 6.07) is 0.0553. The van der Waals surface area contributed by atoms with E-state index in [4.69, 9.17) is 0 Å². The molecule has 0 saturated carbocycles. The van der Waals surface area contributed by atoms with E-state index in [2.05, 4.69) is 4.90 Å². The molecule has 17 heavy (non-hydrogen) atoms. The lowest BCUT2D eigenvalue weighted by molar-refractivity contribution is -0.159. The number of hydrogen-bond acceptors (Lipinski definition) is 3. The molecule has 3 atom stereocenters. The Labute approximate surface area is 103 Å². The maximum absolute atomic E-state index is 11.4. The highest BCUT2D eigenvalue weighted by Gasteiger charge is 2.54. The van der Waals surface area contributed by atoms with Gasteiger partial charge in [0.25, 0.3) is 0 Å². The molecular formula is C13H23NO3. The van der Waals surface area contributed by atoms with Crippen molar-refractivity contribution in [2.24, 2.45) is 11.8 Å². The molecule has 2 aliphatic rings. The molecule has 0 aliphatic carbocycles. The monoisotopic (exact) mass is 241 g/mol. The van der Waals surface area contributed by atoms with Crippen LogP contribution < -0.4 is 0 Å². The van der Waals surface area contributed by atoms with Crippen molar-refractivity contribution in [3.63, 3.8) is 0 Å². The van der Waals surface area contributed by atoms with Crippen LogP contribution in [0, 0.1) is 11.8 Å². The Morgan fingerprint density at radius 2 is 2.06 bits per heavy atom. The topological polar surface area (TPSA) is 60.8 Å². The number of hydrogen-bond donors (Lipinski definition) is 2. The molecule has 98 valence electrons. The van der Waals surface area contributed by atoms with Crippen LogP contribution in [0.2, 0.25) is 0 Å². The van der Waals surface area contributed by atoms with Crippen molar-refractivity contribution in [2.45, 2.75) is 51.2 Å². The van der Waals surface area contributed by atoms with Crippen LogP contribution in [-0.4, -0.2) is 45.8 Å². The van der Waals surface area contributed by atoms with Crippen LogP contribution in [-0.2, 0) is 4.79 Å². The zero-order valence-electron chi connectivity index (χ0n) is 10.7. The predicted octanol–water partition coefficient (Wildman–Crippen LogP) is 1.33. The van der Waals surface area contributed by atoms with E-state index in [0.29, 0.717) is 6.42 Å². The first-order valence-corrected chi connectivity index (χ1v) is 6.66. The first kappa shape index (κ1) is 12.8. The molecular weight excluding hydrogens is 218 g/mol. The van der Waals surface area contributed by atoms with Crippen molar-refractivity contribution >= 4 is 5.97 Å². The van der Waals surface area contributed by atoms with Crippen molar-refractivity contribution in [2.75, 3.05) is 13.1 Å². The Hall–Kier alpha value is -0.610. The third-order valence-electron chi connectivity index (χ3n) is 4.46. The van der Waals surface area contributed by atoms with Crippen molar-refractivity contribution in [1.82, 2.24) is 4.90 Å². The van der Waals surface area contributed by atoms with E-state index in [1.54, 1.807) is 0 Å². The maximum Gasteiger partial charge on any atom is 0.309 e. The normalized spacial score (nSPS) is 35.9. The summed E-state index contributed by atoms with van der Waals surface area (Å²) in [5, 5.41) is 20.2. The summed E-state index contributed by atoms with van der Waals surface area (Å²) >= 11 is 0. The summed E-state index contributed by atoms with van der Waals surface area (Å²) in [5.41, 5.74) is -1.03. The van der Waals surface area contributed by atoms with Crippen molar-refractivity contribution in [3.8, 4) is 0 Å². The Morgan fingerprint density at radius 3 is 2.65 bits per heavy atom. The molecule has 0 aromatic rings. The number of fused-ring (bicyclic) bond motifs is 1. The van der Waals surface area contributed by atoms with Crippen molar-refractivity contribution in [3.05, 3.63) is 0 Å². The Morgan fingerprint density at radius 1 is 1.35 bits per heavy atom. The van der Waals surface area contributed by atoms with Gasteiger partial charge in [0.1, 0.15) is 0 Å². The second kappa shape index (κ2) is 4.58. The summed E-state index contributed by atoms with van der Waals surface area (Å²) in [5.74, 6) is -1.52. The minimum Gasteiger partial charge on any atom is -0.481 e. The first-order chi connectivity index (χ1) is 7.97. The van der Waals surface area contributed by atoms with Crippen molar-refractivity contribution in [1.29, 1.82) is 0 Å². The minimum absolute atomic E-state index is 0.0284. The molecule has 2 N–H and O–H groups in total. The Balaban J connectivity index is 2.25. The molecule has 2 fully saturated rings. The van der Waals surface area contributed by atoms with Gasteiger partial charge in [0.15, 0.2) is 0 Å². The number of piperidine rings is 1. The molecule has 0 amide bonds. The minimum atomic E-state index is -1.03. The number of nitrogens with zero attached hydrogens (tertiary/aromatic N) is 1. The number of aliphatic carboxylic acids is 1. The van der Waals surface area contributed by atoms with E-state index in [-0.39, 0.29) is 12.0 Å². The first-order valence-electron chi connectivity index (χ1n) is 6.66. The van der Waals surface area contributed by atoms with Gasteiger partial charge in [-0.1, -0.05) is 20.3 Å². The number of carboxylic acid groups (broad SMARTS) is 1. The Kier molecular flexibility index (Phi) is 3.46. The van der Waals surface area contributed by atoms with Gasteiger partial charge in [-0.25, -0.2) is 0 Å². The lowest BCUT2D eigenvalue weighted by Crippen LogP contribution is -2.55. The zero-order valence-corrected chi connectivity index (χ0v) is 10.7. The molecule has 0 bridgehead atoms. The van der Waals surface area contributed by atoms with Gasteiger partial charge in [0.05, 0.1) is 11.5 Å². The zero-order chi connectivity index (χ0) is 12.6. The molecule has 0 radical (unpaired) electrons. The van der Waals surface area contributed by atoms with E-state index in [9.17, 15) is 15.0 Å². The van der Waals surface area contributed by atoms with Gasteiger partial charge in [-0.05, 0) is 31.7 Å². The summed E-state index contributed by atoms with van der Waals surface area (Å²) in [4.78, 5) is 13.7. The van der Waals surface area contributed by atoms with Crippen LogP contribution in [0.25, 0.3) is 0 Å². The summed E-state index contributed by atoms with van der Waals surface area (Å²) in [7, 11) is 0. The van der Waals surface area contributed by atoms with E-state index >= 15 is 0 Å². The van der Waals surface area contributed by atoms with E-state index < -0.39 is 17.5 Å². The fraction of sp³-hybridized carbons (Fsp3) is 0.923. The number of carbonyl (C=O) groups is 1. The highest BCUT2D eigenvalue weighted by Crippen LogP contribution is 2.42. The Bertz CT molecular complexity index is 305. The third kappa shape index (κ3) is 2.08. The summed E-state index contributed by atoms with van der Waals surface area (Å²) < 4.78 is 0. The van der Waals surface area contributed by atoms with Crippen LogP contribution in [0.5, 0.6) is 0 Å². The molecule has 2 rings (SSSR count). The average molecular weight is 241 g/mol. The molecule has 2 heterocycles. The predicted molar refractivity (Wildman–Crippen MR) is 64.7 cm³/mol. The maximum atomic E-state index is 11.4. The average Bonchev–Trinajstić information content (AvgIpc) is 2.57. The number of aliphatic hydroxyl groups is 1. The third-order valence-corrected chi connectivity index (χ3v) is 4.46. The second-order valence-corrected chi connectivity index (χ2v) is 5.85. The number of carboxylic acids is 1. The second-order valence-electron chi connectivity index (χ2n) is 5.85. The molecule has 0 aromatic heterocycles. The quantitative estimate of drug-likeness (QED) is 0.782. The lowest BCUT2D eigenvalue weighted by atomic mass is 9.73. The molecule has 4 nitrogen and oxygen atoms in total. The van der Waals surface area contributed by atoms with Crippen LogP contribution in [0.15, 0.2) is 0 Å². The molecule has 0 spiro atoms. The fourth-order valence-corrected chi connectivity index (χ4v) is 3.75. The summed E-state index contributed by atoms with van der Waals surface area (Å²) in [6.07, 6.45) is 3.82. The van der Waals surface area contributed by atoms with Gasteiger partial charge in [0, 0.05) is 12.6 Å². The highest BCUT2D eigenvalue weighted by atomic mass is 16.4. The standard InChI is InChI=1S/C13H23NO3/c1-9(2)11(12(15)16)13(17)6-8-14-7-4-3-5-10(13)14/h9-11,17H,3-8H2,1-2H3,(H,15,16). The van der Waals surface area contributed by atoms with Gasteiger partial charge >= 0.3 is 5.97 Å². The van der Waals surface area contributed by atoms with Gasteiger partial charge in [0.2, 0.25) is 0 Å². The van der Waals surface area contributed by atoms with E-state index in [1.807, 2.05) is 13.8 Å². The summed E-state index contributed by atoms with van der Waals surface area (Å²) in [6.45, 7) is 5.64. The van der Waals surface area contributed by atoms with E-state index in [1.165, 1.54) is 6.42 Å². The van der Waals surface area contributed by atoms with Gasteiger partial charge in [-0.2, -0.15) is 0 Å². The molecule has 2 aliphatic heterocycles. The SMILES string of the molecule is CC(C)C(C(=O)O)C1(O)CCN2CCCCC21. The van der Waals surface area contributed by atoms with Crippen LogP contribution in [0.1, 0.15) is 39.5 Å². The molecule has 3 unspecified atom stereocenters. The largest absolute Gasteiger partial charge is 0.481 e. The van der Waals surface area contributed by atoms with Crippen LogP contribution in [0.4, 0.5) is 0 Å². The molecule has 2 saturated heterocycles. The lowest BCUT2D eigenvalue weighted by Gasteiger charge is -2.41. The van der Waals surface area contributed by atoms with Gasteiger partial charge in [-0.15, -0.1) is 0 Å². The molecule has 4 heteroatoms. The highest BCUT2D eigenvalue weighted by molar-refractivity contribution is 5.72. The van der Waals surface area contributed by atoms with Crippen molar-refractivity contribution < 1.29 is 15.0 Å². The van der Waals surface area contributed by atoms with E-state index in [0.717, 1.165) is 25.9 Å². The van der Waals surface area contributed by atoms with Gasteiger partial charge < -0.3 is 10.2 Å². The fourth-order valence-electron chi connectivity index (χ4n) is 3.75.